The van der Waals surface area contributed by atoms with Gasteiger partial charge in [-0.2, -0.15) is 21.0 Å². The summed E-state index contributed by atoms with van der Waals surface area (Å²) >= 11 is 0. The summed E-state index contributed by atoms with van der Waals surface area (Å²) in [6.45, 7) is 0. The minimum atomic E-state index is 0.00187. The lowest BCUT2D eigenvalue weighted by Gasteiger charge is -2.21. The van der Waals surface area contributed by atoms with Gasteiger partial charge in [0.15, 0.2) is 23.0 Å². The van der Waals surface area contributed by atoms with Gasteiger partial charge in [0.1, 0.15) is 35.4 Å². The minimum absolute atomic E-state index is 0.00187. The Morgan fingerprint density at radius 2 is 0.700 bits per heavy atom. The summed E-state index contributed by atoms with van der Waals surface area (Å²) in [5.74, 6) is 2.93. The minimum Gasteiger partial charge on any atom is -0.492 e. The molecule has 0 heterocycles. The molecule has 40 heavy (non-hydrogen) atoms. The number of nitrogens with zero attached hydrogens (tertiary/aromatic N) is 4. The normalized spacial score (nSPS) is 9.90. The first-order valence-corrected chi connectivity index (χ1v) is 11.9. The van der Waals surface area contributed by atoms with E-state index in [1.807, 2.05) is 36.4 Å². The third-order valence-corrected chi connectivity index (χ3v) is 6.50. The smallest absolute Gasteiger partial charge is 0.169 e. The molecule has 5 aromatic carbocycles. The molecule has 0 saturated carbocycles. The first-order valence-electron chi connectivity index (χ1n) is 11.9. The van der Waals surface area contributed by atoms with Gasteiger partial charge in [-0.05, 0) is 0 Å². The van der Waals surface area contributed by atoms with E-state index in [4.69, 9.17) is 40.0 Å². The molecule has 5 rings (SSSR count). The van der Waals surface area contributed by atoms with E-state index < -0.39 is 0 Å². The quantitative estimate of drug-likeness (QED) is 0.308. The predicted octanol–water partition coefficient (Wildman–Crippen LogP) is 4.70. The zero-order valence-electron chi connectivity index (χ0n) is 22.2. The molecule has 0 N–H and O–H groups in total. The van der Waals surface area contributed by atoms with Crippen molar-refractivity contribution in [1.29, 1.82) is 21.0 Å². The summed E-state index contributed by atoms with van der Waals surface area (Å²) < 4.78 is 22.7. The Morgan fingerprint density at radius 1 is 0.450 bits per heavy atom. The van der Waals surface area contributed by atoms with Crippen LogP contribution in [0.1, 0.15) is 0 Å². The maximum atomic E-state index is 8.63. The molecule has 8 nitrogen and oxygen atoms in total. The average molecular weight is 527 g/mol. The summed E-state index contributed by atoms with van der Waals surface area (Å²) in [6, 6.07) is 25.3. The van der Waals surface area contributed by atoms with E-state index in [2.05, 4.69) is 0 Å². The first kappa shape index (κ1) is 27.1. The molecule has 0 atom stereocenters. The van der Waals surface area contributed by atoms with Crippen molar-refractivity contribution in [2.45, 2.75) is 0 Å². The molecule has 0 aliphatic carbocycles. The highest BCUT2D eigenvalue weighted by atomic mass is 16.5. The second-order valence-electron chi connectivity index (χ2n) is 8.36. The Hall–Kier alpha value is -5.96. The molecule has 0 aliphatic heterocycles. The number of nitriles is 4. The number of benzene rings is 5. The summed E-state index contributed by atoms with van der Waals surface area (Å²) in [7, 11) is 6.66. The van der Waals surface area contributed by atoms with Crippen molar-refractivity contribution < 1.29 is 18.9 Å². The number of ether oxygens (including phenoxy) is 4. The highest BCUT2D eigenvalue weighted by Gasteiger charge is 2.24. The lowest BCUT2D eigenvalue weighted by molar-refractivity contribution is 0.360. The van der Waals surface area contributed by atoms with Gasteiger partial charge in [0.25, 0.3) is 0 Å². The fraction of sp³-hybridized carbons (Fsp3) is 0.125. The van der Waals surface area contributed by atoms with Gasteiger partial charge < -0.3 is 18.9 Å². The molecule has 0 spiro atoms. The van der Waals surface area contributed by atoms with Crippen molar-refractivity contribution in [3.63, 3.8) is 0 Å². The van der Waals surface area contributed by atoms with Gasteiger partial charge in [0, 0.05) is 42.8 Å². The van der Waals surface area contributed by atoms with Crippen LogP contribution in [0, 0.1) is 45.3 Å². The van der Waals surface area contributed by atoms with E-state index in [0.717, 1.165) is 55.3 Å². The molecule has 0 aromatic heterocycles. The molecule has 0 saturated heterocycles. The lowest BCUT2D eigenvalue weighted by atomic mass is 9.91. The van der Waals surface area contributed by atoms with Gasteiger partial charge in [-0.25, -0.2) is 0 Å². The zero-order chi connectivity index (χ0) is 28.8. The Kier molecular flexibility index (Phi) is 7.86. The van der Waals surface area contributed by atoms with Crippen LogP contribution in [-0.2, 0) is 0 Å². The maximum Gasteiger partial charge on any atom is 0.169 e. The molecule has 0 bridgehead atoms. The van der Waals surface area contributed by atoms with Crippen molar-refractivity contribution in [3.8, 4) is 47.3 Å². The molecule has 0 radical (unpaired) electrons. The van der Waals surface area contributed by atoms with Gasteiger partial charge in [-0.3, -0.25) is 0 Å². The summed E-state index contributed by atoms with van der Waals surface area (Å²) in [6.07, 6.45) is 0. The SMILES string of the molecule is COc1c(OC)c2cccc3c(OC)c(OC)c4cccc1c4c23.N#CC(C#N)=c1ccc(=C(C#N)C#N)cc1. The van der Waals surface area contributed by atoms with E-state index in [1.165, 1.54) is 24.3 Å². The standard InChI is InChI=1S/C20H18O4.C12H4N4/c1-21-17-11-7-5-9-13-15(11)16-12(18(17)22-2)8-6-10-14(16)20(24-4)19(13)23-3;13-5-11(6-14)9-1-2-10(4-3-9)12(7-15)8-16/h5-10H,1-4H3;1-4H. The highest BCUT2D eigenvalue weighted by Crippen LogP contribution is 2.52. The molecular weight excluding hydrogens is 504 g/mol. The van der Waals surface area contributed by atoms with E-state index in [0.29, 0.717) is 10.4 Å². The van der Waals surface area contributed by atoms with Crippen LogP contribution < -0.4 is 29.4 Å². The predicted molar refractivity (Wildman–Crippen MR) is 151 cm³/mol. The fourth-order valence-corrected chi connectivity index (χ4v) is 4.81. The Bertz CT molecular complexity index is 1780. The van der Waals surface area contributed by atoms with Crippen LogP contribution in [0.5, 0.6) is 23.0 Å². The van der Waals surface area contributed by atoms with Gasteiger partial charge in [0.2, 0.25) is 0 Å². The van der Waals surface area contributed by atoms with Gasteiger partial charge in [0.05, 0.1) is 28.4 Å². The molecule has 8 heteroatoms. The van der Waals surface area contributed by atoms with Crippen molar-refractivity contribution >= 4 is 43.5 Å². The van der Waals surface area contributed by atoms with E-state index in [-0.39, 0.29) is 11.1 Å². The van der Waals surface area contributed by atoms with Crippen LogP contribution in [0.15, 0.2) is 60.7 Å². The van der Waals surface area contributed by atoms with Crippen LogP contribution in [0.2, 0.25) is 0 Å². The molecule has 0 unspecified atom stereocenters. The molecule has 0 fully saturated rings. The van der Waals surface area contributed by atoms with Gasteiger partial charge >= 0.3 is 0 Å². The number of hydrogen-bond donors (Lipinski definition) is 0. The molecular formula is C32H22N4O4. The highest BCUT2D eigenvalue weighted by molar-refractivity contribution is 6.29. The topological polar surface area (TPSA) is 132 Å². The molecule has 194 valence electrons. The second kappa shape index (κ2) is 11.6. The summed E-state index contributed by atoms with van der Waals surface area (Å²) in [5.41, 5.74) is 0.00373. The number of rotatable bonds is 4. The van der Waals surface area contributed by atoms with Crippen LogP contribution in [0.25, 0.3) is 43.5 Å². The average Bonchev–Trinajstić information content (AvgIpc) is 3.01. The van der Waals surface area contributed by atoms with E-state index >= 15 is 0 Å². The largest absolute Gasteiger partial charge is 0.492 e. The Labute approximate surface area is 230 Å². The van der Waals surface area contributed by atoms with Crippen molar-refractivity contribution in [2.75, 3.05) is 28.4 Å². The molecule has 0 aliphatic rings. The van der Waals surface area contributed by atoms with Crippen molar-refractivity contribution in [1.82, 2.24) is 0 Å². The van der Waals surface area contributed by atoms with E-state index in [9.17, 15) is 0 Å². The second-order valence-corrected chi connectivity index (χ2v) is 8.36. The van der Waals surface area contributed by atoms with E-state index in [1.54, 1.807) is 52.7 Å². The fourth-order valence-electron chi connectivity index (χ4n) is 4.81. The third-order valence-electron chi connectivity index (χ3n) is 6.50. The lowest BCUT2D eigenvalue weighted by Crippen LogP contribution is -2.11. The first-order chi connectivity index (χ1) is 19.5. The van der Waals surface area contributed by atoms with Crippen LogP contribution in [0.3, 0.4) is 0 Å². The van der Waals surface area contributed by atoms with Gasteiger partial charge in [-0.15, -0.1) is 0 Å². The van der Waals surface area contributed by atoms with Crippen molar-refractivity contribution in [3.05, 3.63) is 71.1 Å². The zero-order valence-corrected chi connectivity index (χ0v) is 22.2. The Balaban J connectivity index is 0.000000202. The molecule has 0 amide bonds. The van der Waals surface area contributed by atoms with Crippen molar-refractivity contribution in [2.24, 2.45) is 0 Å². The summed E-state index contributed by atoms with van der Waals surface area (Å²) in [5, 5.41) is 41.7. The van der Waals surface area contributed by atoms with Gasteiger partial charge in [-0.1, -0.05) is 60.7 Å². The summed E-state index contributed by atoms with van der Waals surface area (Å²) in [4.78, 5) is 0. The van der Waals surface area contributed by atoms with Crippen LogP contribution in [0.4, 0.5) is 0 Å². The number of methoxy groups -OCH3 is 4. The maximum absolute atomic E-state index is 8.63. The Morgan fingerprint density at radius 3 is 0.900 bits per heavy atom. The monoisotopic (exact) mass is 526 g/mol. The third kappa shape index (κ3) is 4.37. The van der Waals surface area contributed by atoms with Crippen LogP contribution >= 0.6 is 0 Å². The number of hydrogen-bond acceptors (Lipinski definition) is 8. The van der Waals surface area contributed by atoms with Crippen LogP contribution in [-0.4, -0.2) is 28.4 Å². The molecule has 5 aromatic rings.